The Bertz CT molecular complexity index is 298. The van der Waals surface area contributed by atoms with Crippen LogP contribution in [0.15, 0.2) is 6.20 Å². The van der Waals surface area contributed by atoms with Gasteiger partial charge in [-0.1, -0.05) is 5.21 Å². The SMILES string of the molecule is CC(=O)OCCc1cn(CCO)nn1. The topological polar surface area (TPSA) is 77.2 Å². The number of nitrogens with zero attached hydrogens (tertiary/aromatic N) is 3. The Kier molecular flexibility index (Phi) is 4.06. The first-order valence-corrected chi connectivity index (χ1v) is 4.35. The standard InChI is InChI=1S/C8H13N3O3/c1-7(13)14-5-2-8-6-11(3-4-12)10-9-8/h6,12H,2-5H2,1H3. The molecule has 0 aliphatic heterocycles. The minimum absolute atomic E-state index is 0.0345. The Balaban J connectivity index is 2.32. The zero-order valence-corrected chi connectivity index (χ0v) is 8.01. The molecule has 0 fully saturated rings. The van der Waals surface area contributed by atoms with Crippen molar-refractivity contribution in [2.75, 3.05) is 13.2 Å². The normalized spacial score (nSPS) is 10.1. The lowest BCUT2D eigenvalue weighted by Crippen LogP contribution is -2.03. The molecule has 6 heteroatoms. The maximum Gasteiger partial charge on any atom is 0.302 e. The van der Waals surface area contributed by atoms with Gasteiger partial charge in [-0.2, -0.15) is 0 Å². The highest BCUT2D eigenvalue weighted by atomic mass is 16.5. The summed E-state index contributed by atoms with van der Waals surface area (Å²) in [6.45, 7) is 2.14. The van der Waals surface area contributed by atoms with Crippen molar-refractivity contribution in [1.82, 2.24) is 15.0 Å². The van der Waals surface area contributed by atoms with Crippen LogP contribution in [0.3, 0.4) is 0 Å². The quantitative estimate of drug-likeness (QED) is 0.639. The van der Waals surface area contributed by atoms with Gasteiger partial charge in [0.1, 0.15) is 0 Å². The summed E-state index contributed by atoms with van der Waals surface area (Å²) in [5.74, 6) is -0.298. The van der Waals surface area contributed by atoms with E-state index >= 15 is 0 Å². The van der Waals surface area contributed by atoms with Crippen molar-refractivity contribution in [2.24, 2.45) is 0 Å². The fourth-order valence-electron chi connectivity index (χ4n) is 0.964. The van der Waals surface area contributed by atoms with E-state index in [-0.39, 0.29) is 12.6 Å². The number of ether oxygens (including phenoxy) is 1. The first-order chi connectivity index (χ1) is 6.72. The highest BCUT2D eigenvalue weighted by Gasteiger charge is 2.01. The number of aliphatic hydroxyl groups is 1. The Hall–Kier alpha value is -1.43. The average molecular weight is 199 g/mol. The van der Waals surface area contributed by atoms with Crippen molar-refractivity contribution in [1.29, 1.82) is 0 Å². The molecule has 0 amide bonds. The first-order valence-electron chi connectivity index (χ1n) is 4.35. The van der Waals surface area contributed by atoms with Crippen LogP contribution < -0.4 is 0 Å². The molecule has 14 heavy (non-hydrogen) atoms. The van der Waals surface area contributed by atoms with Gasteiger partial charge in [0.25, 0.3) is 0 Å². The predicted octanol–water partition coefficient (Wildman–Crippen LogP) is -0.624. The van der Waals surface area contributed by atoms with Gasteiger partial charge in [0, 0.05) is 19.5 Å². The van der Waals surface area contributed by atoms with Gasteiger partial charge in [0.05, 0.1) is 25.5 Å². The van der Waals surface area contributed by atoms with E-state index in [0.29, 0.717) is 19.6 Å². The molecular formula is C8H13N3O3. The van der Waals surface area contributed by atoms with E-state index in [1.165, 1.54) is 6.92 Å². The maximum atomic E-state index is 10.4. The molecule has 0 spiro atoms. The van der Waals surface area contributed by atoms with Crippen molar-refractivity contribution in [2.45, 2.75) is 19.9 Å². The highest BCUT2D eigenvalue weighted by Crippen LogP contribution is 1.95. The zero-order chi connectivity index (χ0) is 10.4. The molecule has 0 saturated carbocycles. The van der Waals surface area contributed by atoms with Gasteiger partial charge in [-0.05, 0) is 0 Å². The summed E-state index contributed by atoms with van der Waals surface area (Å²) in [4.78, 5) is 10.4. The first kappa shape index (κ1) is 10.6. The van der Waals surface area contributed by atoms with Crippen molar-refractivity contribution in [3.05, 3.63) is 11.9 Å². The average Bonchev–Trinajstić information content (AvgIpc) is 2.53. The van der Waals surface area contributed by atoms with Crippen LogP contribution in [0, 0.1) is 0 Å². The number of carbonyl (C=O) groups excluding carboxylic acids is 1. The summed E-state index contributed by atoms with van der Waals surface area (Å²) in [5.41, 5.74) is 0.750. The number of aromatic nitrogens is 3. The van der Waals surface area contributed by atoms with E-state index in [1.807, 2.05) is 0 Å². The highest BCUT2D eigenvalue weighted by molar-refractivity contribution is 5.65. The van der Waals surface area contributed by atoms with Gasteiger partial charge in [-0.3, -0.25) is 4.79 Å². The second kappa shape index (κ2) is 5.33. The van der Waals surface area contributed by atoms with Gasteiger partial charge in [0.15, 0.2) is 0 Å². The molecule has 1 N–H and O–H groups in total. The van der Waals surface area contributed by atoms with Crippen molar-refractivity contribution in [3.63, 3.8) is 0 Å². The Morgan fingerprint density at radius 1 is 1.71 bits per heavy atom. The number of esters is 1. The van der Waals surface area contributed by atoms with Crippen LogP contribution in [0.4, 0.5) is 0 Å². The Labute approximate surface area is 81.5 Å². The van der Waals surface area contributed by atoms with Crippen molar-refractivity contribution in [3.8, 4) is 0 Å². The van der Waals surface area contributed by atoms with Crippen LogP contribution in [-0.4, -0.2) is 39.3 Å². The van der Waals surface area contributed by atoms with E-state index in [4.69, 9.17) is 9.84 Å². The number of rotatable bonds is 5. The smallest absolute Gasteiger partial charge is 0.302 e. The molecule has 0 aliphatic rings. The second-order valence-electron chi connectivity index (χ2n) is 2.79. The maximum absolute atomic E-state index is 10.4. The van der Waals surface area contributed by atoms with Gasteiger partial charge >= 0.3 is 5.97 Å². The summed E-state index contributed by atoms with van der Waals surface area (Å²) in [6.07, 6.45) is 2.27. The molecule has 1 aromatic rings. The van der Waals surface area contributed by atoms with Crippen LogP contribution in [0.2, 0.25) is 0 Å². The Morgan fingerprint density at radius 3 is 3.14 bits per heavy atom. The number of aliphatic hydroxyl groups excluding tert-OH is 1. The van der Waals surface area contributed by atoms with Gasteiger partial charge < -0.3 is 9.84 Å². The lowest BCUT2D eigenvalue weighted by Gasteiger charge is -1.97. The third-order valence-corrected chi connectivity index (χ3v) is 1.58. The molecule has 1 rings (SSSR count). The van der Waals surface area contributed by atoms with Crippen molar-refractivity contribution >= 4 is 5.97 Å². The molecule has 0 radical (unpaired) electrons. The molecule has 6 nitrogen and oxygen atoms in total. The molecular weight excluding hydrogens is 186 g/mol. The number of carbonyl (C=O) groups is 1. The number of hydrogen-bond donors (Lipinski definition) is 1. The summed E-state index contributed by atoms with van der Waals surface area (Å²) in [5, 5.41) is 16.2. The summed E-state index contributed by atoms with van der Waals surface area (Å²) >= 11 is 0. The molecule has 0 bridgehead atoms. The van der Waals surface area contributed by atoms with Crippen molar-refractivity contribution < 1.29 is 14.6 Å². The summed E-state index contributed by atoms with van der Waals surface area (Å²) in [7, 11) is 0. The lowest BCUT2D eigenvalue weighted by atomic mass is 10.3. The van der Waals surface area contributed by atoms with Gasteiger partial charge in [-0.15, -0.1) is 5.10 Å². The Morgan fingerprint density at radius 2 is 2.50 bits per heavy atom. The predicted molar refractivity (Wildman–Crippen MR) is 47.4 cm³/mol. The molecule has 0 unspecified atom stereocenters. The fraction of sp³-hybridized carbons (Fsp3) is 0.625. The fourth-order valence-corrected chi connectivity index (χ4v) is 0.964. The van der Waals surface area contributed by atoms with E-state index in [2.05, 4.69) is 10.3 Å². The monoisotopic (exact) mass is 199 g/mol. The van der Waals surface area contributed by atoms with Gasteiger partial charge in [0.2, 0.25) is 0 Å². The van der Waals surface area contributed by atoms with E-state index < -0.39 is 0 Å². The van der Waals surface area contributed by atoms with E-state index in [1.54, 1.807) is 10.9 Å². The second-order valence-corrected chi connectivity index (χ2v) is 2.79. The van der Waals surface area contributed by atoms with Crippen LogP contribution in [0.1, 0.15) is 12.6 Å². The van der Waals surface area contributed by atoms with Crippen LogP contribution in [0.25, 0.3) is 0 Å². The molecule has 0 atom stereocenters. The van der Waals surface area contributed by atoms with E-state index in [0.717, 1.165) is 5.69 Å². The minimum atomic E-state index is -0.298. The van der Waals surface area contributed by atoms with Gasteiger partial charge in [-0.25, -0.2) is 4.68 Å². The third-order valence-electron chi connectivity index (χ3n) is 1.58. The van der Waals surface area contributed by atoms with Crippen LogP contribution in [-0.2, 0) is 22.5 Å². The lowest BCUT2D eigenvalue weighted by molar-refractivity contribution is -0.140. The number of hydrogen-bond acceptors (Lipinski definition) is 5. The molecule has 78 valence electrons. The largest absolute Gasteiger partial charge is 0.465 e. The minimum Gasteiger partial charge on any atom is -0.465 e. The molecule has 1 heterocycles. The zero-order valence-electron chi connectivity index (χ0n) is 8.01. The summed E-state index contributed by atoms with van der Waals surface area (Å²) in [6, 6.07) is 0. The molecule has 0 aromatic carbocycles. The molecule has 0 aliphatic carbocycles. The summed E-state index contributed by atoms with van der Waals surface area (Å²) < 4.78 is 6.29. The molecule has 1 aromatic heterocycles. The van der Waals surface area contributed by atoms with E-state index in [9.17, 15) is 4.79 Å². The molecule has 0 saturated heterocycles. The van der Waals surface area contributed by atoms with Crippen LogP contribution in [0.5, 0.6) is 0 Å². The van der Waals surface area contributed by atoms with Crippen LogP contribution >= 0.6 is 0 Å². The third kappa shape index (κ3) is 3.53.